The summed E-state index contributed by atoms with van der Waals surface area (Å²) < 4.78 is 0. The number of hydrogen-bond donors (Lipinski definition) is 2. The van der Waals surface area contributed by atoms with Crippen LogP contribution in [0.1, 0.15) is 19.8 Å². The summed E-state index contributed by atoms with van der Waals surface area (Å²) in [4.78, 5) is 0. The third-order valence-corrected chi connectivity index (χ3v) is 2.14. The molecular formula is C12H18N2. The van der Waals surface area contributed by atoms with Gasteiger partial charge in [-0.25, -0.2) is 5.43 Å². The first-order valence-electron chi connectivity index (χ1n) is 5.04. The van der Waals surface area contributed by atoms with Gasteiger partial charge in [-0.1, -0.05) is 31.2 Å². The molecule has 2 nitrogen and oxygen atoms in total. The standard InChI is InChI=1S/C12H18N2/c1-3-8-11(4-2)13-14-12-9-6-5-7-10-12/h3,5-7,9-11,13-14H,1,4,8H2,2H3. The largest absolute Gasteiger partial charge is 0.321 e. The molecule has 0 bridgehead atoms. The number of anilines is 1. The van der Waals surface area contributed by atoms with Crippen molar-refractivity contribution in [2.45, 2.75) is 25.8 Å². The van der Waals surface area contributed by atoms with E-state index < -0.39 is 0 Å². The van der Waals surface area contributed by atoms with E-state index in [-0.39, 0.29) is 0 Å². The van der Waals surface area contributed by atoms with Crippen molar-refractivity contribution >= 4 is 5.69 Å². The second-order valence-electron chi connectivity index (χ2n) is 3.26. The zero-order chi connectivity index (χ0) is 10.2. The monoisotopic (exact) mass is 190 g/mol. The quantitative estimate of drug-likeness (QED) is 0.532. The van der Waals surface area contributed by atoms with Crippen LogP contribution in [0, 0.1) is 0 Å². The Labute approximate surface area is 86.0 Å². The van der Waals surface area contributed by atoms with Gasteiger partial charge >= 0.3 is 0 Å². The smallest absolute Gasteiger partial charge is 0.0487 e. The molecule has 0 fully saturated rings. The van der Waals surface area contributed by atoms with Crippen LogP contribution >= 0.6 is 0 Å². The lowest BCUT2D eigenvalue weighted by atomic mass is 10.2. The highest BCUT2D eigenvalue weighted by molar-refractivity contribution is 5.41. The van der Waals surface area contributed by atoms with Gasteiger partial charge < -0.3 is 5.43 Å². The molecule has 1 aromatic carbocycles. The average Bonchev–Trinajstić information content (AvgIpc) is 2.25. The third-order valence-electron chi connectivity index (χ3n) is 2.14. The number of hydrazine groups is 1. The van der Waals surface area contributed by atoms with Gasteiger partial charge in [0.05, 0.1) is 0 Å². The van der Waals surface area contributed by atoms with Gasteiger partial charge in [0.1, 0.15) is 0 Å². The first-order chi connectivity index (χ1) is 6.86. The van der Waals surface area contributed by atoms with E-state index in [1.54, 1.807) is 0 Å². The molecule has 0 heterocycles. The third kappa shape index (κ3) is 3.62. The highest BCUT2D eigenvalue weighted by Gasteiger charge is 2.01. The molecule has 1 unspecified atom stereocenters. The van der Waals surface area contributed by atoms with Crippen LogP contribution in [0.4, 0.5) is 5.69 Å². The second kappa shape index (κ2) is 6.22. The molecule has 0 saturated heterocycles. The van der Waals surface area contributed by atoms with Crippen LogP contribution in [-0.4, -0.2) is 6.04 Å². The second-order valence-corrected chi connectivity index (χ2v) is 3.26. The fourth-order valence-electron chi connectivity index (χ4n) is 1.24. The molecule has 76 valence electrons. The summed E-state index contributed by atoms with van der Waals surface area (Å²) in [6.45, 7) is 5.90. The fraction of sp³-hybridized carbons (Fsp3) is 0.333. The molecule has 0 radical (unpaired) electrons. The van der Waals surface area contributed by atoms with Crippen LogP contribution in [0.2, 0.25) is 0 Å². The molecule has 2 heteroatoms. The van der Waals surface area contributed by atoms with E-state index in [1.807, 2.05) is 36.4 Å². The maximum Gasteiger partial charge on any atom is 0.0487 e. The summed E-state index contributed by atoms with van der Waals surface area (Å²) >= 11 is 0. The minimum Gasteiger partial charge on any atom is -0.321 e. The predicted octanol–water partition coefficient (Wildman–Crippen LogP) is 2.96. The maximum atomic E-state index is 3.74. The summed E-state index contributed by atoms with van der Waals surface area (Å²) in [5, 5.41) is 0. The molecular weight excluding hydrogens is 172 g/mol. The number of benzene rings is 1. The van der Waals surface area contributed by atoms with Gasteiger partial charge in [-0.15, -0.1) is 6.58 Å². The highest BCUT2D eigenvalue weighted by Crippen LogP contribution is 2.04. The molecule has 0 amide bonds. The van der Waals surface area contributed by atoms with Crippen molar-refractivity contribution < 1.29 is 0 Å². The highest BCUT2D eigenvalue weighted by atomic mass is 15.4. The SMILES string of the molecule is C=CCC(CC)NNc1ccccc1. The van der Waals surface area contributed by atoms with Gasteiger partial charge in [-0.2, -0.15) is 0 Å². The Balaban J connectivity index is 2.35. The lowest BCUT2D eigenvalue weighted by molar-refractivity contribution is 0.548. The van der Waals surface area contributed by atoms with Gasteiger partial charge in [0.2, 0.25) is 0 Å². The van der Waals surface area contributed by atoms with Crippen LogP contribution in [-0.2, 0) is 0 Å². The van der Waals surface area contributed by atoms with Crippen LogP contribution < -0.4 is 10.9 Å². The Hall–Kier alpha value is -1.28. The molecule has 0 aliphatic heterocycles. The van der Waals surface area contributed by atoms with E-state index in [1.165, 1.54) is 0 Å². The van der Waals surface area contributed by atoms with Crippen LogP contribution in [0.5, 0.6) is 0 Å². The lowest BCUT2D eigenvalue weighted by Crippen LogP contribution is -2.33. The summed E-state index contributed by atoms with van der Waals surface area (Å²) in [5.74, 6) is 0. The summed E-state index contributed by atoms with van der Waals surface area (Å²) in [5.41, 5.74) is 7.54. The molecule has 1 rings (SSSR count). The zero-order valence-corrected chi connectivity index (χ0v) is 8.66. The van der Waals surface area contributed by atoms with Crippen molar-refractivity contribution in [3.05, 3.63) is 43.0 Å². The van der Waals surface area contributed by atoms with E-state index in [0.29, 0.717) is 6.04 Å². The van der Waals surface area contributed by atoms with E-state index >= 15 is 0 Å². The van der Waals surface area contributed by atoms with Gasteiger partial charge in [-0.05, 0) is 25.0 Å². The van der Waals surface area contributed by atoms with Crippen molar-refractivity contribution in [2.75, 3.05) is 5.43 Å². The Morgan fingerprint density at radius 1 is 1.36 bits per heavy atom. The molecule has 0 aromatic heterocycles. The number of hydrogen-bond acceptors (Lipinski definition) is 2. The number of rotatable bonds is 6. The topological polar surface area (TPSA) is 24.1 Å². The molecule has 14 heavy (non-hydrogen) atoms. The lowest BCUT2D eigenvalue weighted by Gasteiger charge is -2.16. The van der Waals surface area contributed by atoms with Gasteiger partial charge in [-0.3, -0.25) is 0 Å². The summed E-state index contributed by atoms with van der Waals surface area (Å²) in [7, 11) is 0. The van der Waals surface area contributed by atoms with Crippen molar-refractivity contribution in [3.8, 4) is 0 Å². The molecule has 0 aliphatic rings. The Bertz CT molecular complexity index is 256. The summed E-state index contributed by atoms with van der Waals surface area (Å²) in [6, 6.07) is 10.6. The van der Waals surface area contributed by atoms with Crippen LogP contribution in [0.15, 0.2) is 43.0 Å². The van der Waals surface area contributed by atoms with Crippen LogP contribution in [0.3, 0.4) is 0 Å². The average molecular weight is 190 g/mol. The minimum absolute atomic E-state index is 0.452. The van der Waals surface area contributed by atoms with Gasteiger partial charge in [0, 0.05) is 11.7 Å². The normalized spacial score (nSPS) is 12.1. The Kier molecular flexibility index (Phi) is 4.79. The van der Waals surface area contributed by atoms with Crippen LogP contribution in [0.25, 0.3) is 0 Å². The van der Waals surface area contributed by atoms with E-state index in [0.717, 1.165) is 18.5 Å². The number of para-hydroxylation sites is 1. The van der Waals surface area contributed by atoms with Gasteiger partial charge in [0.15, 0.2) is 0 Å². The Morgan fingerprint density at radius 2 is 2.07 bits per heavy atom. The van der Waals surface area contributed by atoms with Crippen molar-refractivity contribution in [1.29, 1.82) is 0 Å². The van der Waals surface area contributed by atoms with Crippen molar-refractivity contribution in [3.63, 3.8) is 0 Å². The van der Waals surface area contributed by atoms with Crippen molar-refractivity contribution in [2.24, 2.45) is 0 Å². The molecule has 1 atom stereocenters. The van der Waals surface area contributed by atoms with E-state index in [2.05, 4.69) is 24.4 Å². The molecule has 1 aromatic rings. The first kappa shape index (κ1) is 10.8. The molecule has 0 aliphatic carbocycles. The van der Waals surface area contributed by atoms with Gasteiger partial charge in [0.25, 0.3) is 0 Å². The molecule has 0 saturated carbocycles. The maximum absolute atomic E-state index is 3.74. The summed E-state index contributed by atoms with van der Waals surface area (Å²) in [6.07, 6.45) is 4.01. The minimum atomic E-state index is 0.452. The first-order valence-corrected chi connectivity index (χ1v) is 5.04. The van der Waals surface area contributed by atoms with E-state index in [4.69, 9.17) is 0 Å². The zero-order valence-electron chi connectivity index (χ0n) is 8.66. The molecule has 0 spiro atoms. The Morgan fingerprint density at radius 3 is 2.64 bits per heavy atom. The van der Waals surface area contributed by atoms with E-state index in [9.17, 15) is 0 Å². The fourth-order valence-corrected chi connectivity index (χ4v) is 1.24. The van der Waals surface area contributed by atoms with Crippen molar-refractivity contribution in [1.82, 2.24) is 5.43 Å². The predicted molar refractivity (Wildman–Crippen MR) is 62.1 cm³/mol. The number of nitrogens with one attached hydrogen (secondary N) is 2. The molecule has 2 N–H and O–H groups in total.